The van der Waals surface area contributed by atoms with Crippen LogP contribution >= 0.6 is 0 Å². The van der Waals surface area contributed by atoms with Crippen LogP contribution in [0.15, 0.2) is 61.1 Å². The molecule has 1 atom stereocenters. The Hall–Kier alpha value is -3.48. The van der Waals surface area contributed by atoms with Crippen molar-refractivity contribution in [2.75, 3.05) is 6.61 Å². The highest BCUT2D eigenvalue weighted by molar-refractivity contribution is 5.97. The molecule has 1 saturated heterocycles. The van der Waals surface area contributed by atoms with Crippen LogP contribution < -0.4 is 0 Å². The van der Waals surface area contributed by atoms with E-state index in [1.54, 1.807) is 29.3 Å². The number of cyclic esters (lactones) is 1. The first-order valence-electron chi connectivity index (χ1n) is 8.60. The lowest BCUT2D eigenvalue weighted by atomic mass is 10.1. The Morgan fingerprint density at radius 3 is 2.78 bits per heavy atom. The SMILES string of the molecule is O=C(O[C@@H]1CCOC1=O)c1cn(Cc2ccccc2)nc1-c1cccnc1. The van der Waals surface area contributed by atoms with E-state index < -0.39 is 18.0 Å². The summed E-state index contributed by atoms with van der Waals surface area (Å²) >= 11 is 0. The fourth-order valence-corrected chi connectivity index (χ4v) is 2.92. The molecule has 1 aliphatic rings. The van der Waals surface area contributed by atoms with Crippen molar-refractivity contribution >= 4 is 11.9 Å². The van der Waals surface area contributed by atoms with Gasteiger partial charge in [0.05, 0.1) is 13.2 Å². The Balaban J connectivity index is 1.65. The van der Waals surface area contributed by atoms with Crippen molar-refractivity contribution in [1.29, 1.82) is 0 Å². The van der Waals surface area contributed by atoms with Gasteiger partial charge in [-0.25, -0.2) is 9.59 Å². The molecule has 0 unspecified atom stereocenters. The molecule has 0 saturated carbocycles. The molecule has 136 valence electrons. The quantitative estimate of drug-likeness (QED) is 0.648. The molecule has 0 amide bonds. The predicted octanol–water partition coefficient (Wildman–Crippen LogP) is 2.47. The Morgan fingerprint density at radius 2 is 2.07 bits per heavy atom. The average molecular weight is 363 g/mol. The molecule has 0 aliphatic carbocycles. The van der Waals surface area contributed by atoms with Crippen molar-refractivity contribution in [2.24, 2.45) is 0 Å². The van der Waals surface area contributed by atoms with Crippen LogP contribution in [-0.2, 0) is 20.8 Å². The highest BCUT2D eigenvalue weighted by atomic mass is 16.6. The van der Waals surface area contributed by atoms with Gasteiger partial charge in [0.2, 0.25) is 6.10 Å². The van der Waals surface area contributed by atoms with Crippen molar-refractivity contribution < 1.29 is 19.1 Å². The van der Waals surface area contributed by atoms with Crippen LogP contribution in [0.4, 0.5) is 0 Å². The summed E-state index contributed by atoms with van der Waals surface area (Å²) in [6, 6.07) is 13.4. The molecule has 0 spiro atoms. The van der Waals surface area contributed by atoms with Crippen molar-refractivity contribution in [2.45, 2.75) is 19.1 Å². The van der Waals surface area contributed by atoms with Crippen molar-refractivity contribution in [1.82, 2.24) is 14.8 Å². The normalized spacial score (nSPS) is 16.1. The molecule has 27 heavy (non-hydrogen) atoms. The van der Waals surface area contributed by atoms with E-state index in [1.807, 2.05) is 36.4 Å². The molecule has 4 rings (SSSR count). The Morgan fingerprint density at radius 1 is 1.22 bits per heavy atom. The van der Waals surface area contributed by atoms with Crippen molar-refractivity contribution in [3.05, 3.63) is 72.2 Å². The minimum atomic E-state index is -0.864. The highest BCUT2D eigenvalue weighted by Gasteiger charge is 2.32. The predicted molar refractivity (Wildman–Crippen MR) is 95.8 cm³/mol. The molecular formula is C20H17N3O4. The van der Waals surface area contributed by atoms with Gasteiger partial charge in [0.1, 0.15) is 11.3 Å². The third kappa shape index (κ3) is 3.72. The van der Waals surface area contributed by atoms with Gasteiger partial charge in [0.25, 0.3) is 0 Å². The van der Waals surface area contributed by atoms with Gasteiger partial charge < -0.3 is 9.47 Å². The van der Waals surface area contributed by atoms with Gasteiger partial charge in [0.15, 0.2) is 0 Å². The van der Waals surface area contributed by atoms with Crippen LogP contribution in [0.5, 0.6) is 0 Å². The molecule has 1 fully saturated rings. The number of carbonyl (C=O) groups is 2. The highest BCUT2D eigenvalue weighted by Crippen LogP contribution is 2.24. The minimum absolute atomic E-state index is 0.263. The number of carbonyl (C=O) groups excluding carboxylic acids is 2. The maximum atomic E-state index is 12.7. The summed E-state index contributed by atoms with van der Waals surface area (Å²) in [7, 11) is 0. The molecule has 3 heterocycles. The Bertz CT molecular complexity index is 954. The lowest BCUT2D eigenvalue weighted by molar-refractivity contribution is -0.145. The fourth-order valence-electron chi connectivity index (χ4n) is 2.92. The van der Waals surface area contributed by atoms with E-state index in [2.05, 4.69) is 10.1 Å². The monoisotopic (exact) mass is 363 g/mol. The van der Waals surface area contributed by atoms with Crippen molar-refractivity contribution in [3.63, 3.8) is 0 Å². The molecule has 0 bridgehead atoms. The lowest BCUT2D eigenvalue weighted by Gasteiger charge is -2.08. The number of aromatic nitrogens is 3. The van der Waals surface area contributed by atoms with Crippen molar-refractivity contribution in [3.8, 4) is 11.3 Å². The van der Waals surface area contributed by atoms with E-state index >= 15 is 0 Å². The van der Waals surface area contributed by atoms with Gasteiger partial charge in [-0.2, -0.15) is 5.10 Å². The van der Waals surface area contributed by atoms with Gasteiger partial charge in [-0.05, 0) is 17.7 Å². The number of esters is 2. The second kappa shape index (κ2) is 7.41. The van der Waals surface area contributed by atoms with E-state index in [1.165, 1.54) is 0 Å². The fraction of sp³-hybridized carbons (Fsp3) is 0.200. The third-order valence-electron chi connectivity index (χ3n) is 4.24. The van der Waals surface area contributed by atoms with Gasteiger partial charge in [-0.15, -0.1) is 0 Å². The molecule has 0 radical (unpaired) electrons. The van der Waals surface area contributed by atoms with Gasteiger partial charge in [-0.3, -0.25) is 9.67 Å². The number of ether oxygens (including phenoxy) is 2. The summed E-state index contributed by atoms with van der Waals surface area (Å²) < 4.78 is 11.9. The van der Waals surface area contributed by atoms with E-state index in [-0.39, 0.29) is 6.61 Å². The van der Waals surface area contributed by atoms with E-state index in [0.717, 1.165) is 5.56 Å². The zero-order chi connectivity index (χ0) is 18.6. The van der Waals surface area contributed by atoms with E-state index in [4.69, 9.17) is 9.47 Å². The molecule has 7 heteroatoms. The van der Waals surface area contributed by atoms with Crippen LogP contribution in [0.3, 0.4) is 0 Å². The maximum absolute atomic E-state index is 12.7. The first kappa shape index (κ1) is 17.0. The van der Waals surface area contributed by atoms with Crippen LogP contribution in [0.25, 0.3) is 11.3 Å². The Kier molecular flexibility index (Phi) is 4.65. The Labute approximate surface area is 155 Å². The smallest absolute Gasteiger partial charge is 0.347 e. The number of nitrogens with zero attached hydrogens (tertiary/aromatic N) is 3. The molecular weight excluding hydrogens is 346 g/mol. The standard InChI is InChI=1S/C20H17N3O4/c24-19(27-17-8-10-26-20(17)25)16-13-23(12-14-5-2-1-3-6-14)22-18(16)15-7-4-9-21-11-15/h1-7,9,11,13,17H,8,10,12H2/t17-/m1/s1. The van der Waals surface area contributed by atoms with E-state index in [9.17, 15) is 9.59 Å². The van der Waals surface area contributed by atoms with Gasteiger partial charge in [0, 0.05) is 30.6 Å². The number of benzene rings is 1. The number of rotatable bonds is 5. The molecule has 7 nitrogen and oxygen atoms in total. The number of hydrogen-bond donors (Lipinski definition) is 0. The summed E-state index contributed by atoms with van der Waals surface area (Å²) in [4.78, 5) is 28.4. The molecule has 1 aliphatic heterocycles. The maximum Gasteiger partial charge on any atom is 0.347 e. The van der Waals surface area contributed by atoms with Gasteiger partial charge >= 0.3 is 11.9 Å². The lowest BCUT2D eigenvalue weighted by Crippen LogP contribution is -2.22. The summed E-state index contributed by atoms with van der Waals surface area (Å²) in [5.74, 6) is -1.11. The largest absolute Gasteiger partial charge is 0.463 e. The summed E-state index contributed by atoms with van der Waals surface area (Å²) in [6.07, 6.45) is 4.42. The number of pyridine rings is 1. The van der Waals surface area contributed by atoms with Gasteiger partial charge in [-0.1, -0.05) is 30.3 Å². The first-order chi connectivity index (χ1) is 13.2. The van der Waals surface area contributed by atoms with Crippen LogP contribution in [0.1, 0.15) is 22.3 Å². The molecule has 1 aromatic carbocycles. The molecule has 2 aromatic heterocycles. The third-order valence-corrected chi connectivity index (χ3v) is 4.24. The van der Waals surface area contributed by atoms with Crippen LogP contribution in [0.2, 0.25) is 0 Å². The topological polar surface area (TPSA) is 83.3 Å². The second-order valence-electron chi connectivity index (χ2n) is 6.17. The van der Waals surface area contributed by atoms with Crippen LogP contribution in [-0.4, -0.2) is 39.4 Å². The first-order valence-corrected chi connectivity index (χ1v) is 8.60. The molecule has 3 aromatic rings. The average Bonchev–Trinajstić information content (AvgIpc) is 3.30. The van der Waals surface area contributed by atoms with Crippen LogP contribution in [0, 0.1) is 0 Å². The minimum Gasteiger partial charge on any atom is -0.463 e. The summed E-state index contributed by atoms with van der Waals surface area (Å²) in [5, 5.41) is 4.55. The zero-order valence-corrected chi connectivity index (χ0v) is 14.4. The second-order valence-corrected chi connectivity index (χ2v) is 6.17. The van der Waals surface area contributed by atoms with E-state index in [0.29, 0.717) is 29.8 Å². The zero-order valence-electron chi connectivity index (χ0n) is 14.4. The summed E-state index contributed by atoms with van der Waals surface area (Å²) in [6.45, 7) is 0.770. The number of hydrogen-bond acceptors (Lipinski definition) is 6. The summed E-state index contributed by atoms with van der Waals surface area (Å²) in [5.41, 5.74) is 2.51. The molecule has 0 N–H and O–H groups in total.